The van der Waals surface area contributed by atoms with E-state index in [2.05, 4.69) is 61.0 Å². The van der Waals surface area contributed by atoms with Crippen LogP contribution in [0.15, 0.2) is 42.5 Å². The van der Waals surface area contributed by atoms with Crippen molar-refractivity contribution < 1.29 is 0 Å². The molecular weight excluding hydrogens is 230 g/mol. The second-order valence-electron chi connectivity index (χ2n) is 4.05. The van der Waals surface area contributed by atoms with Crippen molar-refractivity contribution in [2.24, 2.45) is 7.05 Å². The van der Waals surface area contributed by atoms with Gasteiger partial charge in [-0.05, 0) is 24.6 Å². The van der Waals surface area contributed by atoms with Gasteiger partial charge in [0.25, 0.3) is 0 Å². The fourth-order valence-corrected chi connectivity index (χ4v) is 2.39. The average molecular weight is 255 g/mol. The molecule has 0 fully saturated rings. The molecule has 0 amide bonds. The molecule has 0 aliphatic rings. The minimum Gasteiger partial charge on any atom is -0.344 e. The molecule has 1 heterocycles. The van der Waals surface area contributed by atoms with Crippen molar-refractivity contribution in [2.75, 3.05) is 0 Å². The van der Waals surface area contributed by atoms with Crippen molar-refractivity contribution in [3.63, 3.8) is 0 Å². The molecule has 0 radical (unpaired) electrons. The van der Waals surface area contributed by atoms with Gasteiger partial charge >= 0.3 is 0 Å². The molecule has 3 aromatic rings. The lowest BCUT2D eigenvalue weighted by Crippen LogP contribution is -1.85. The Hall–Kier alpha value is -1.76. The van der Waals surface area contributed by atoms with Crippen molar-refractivity contribution in [1.82, 2.24) is 4.57 Å². The Kier molecular flexibility index (Phi) is 5.62. The highest BCUT2D eigenvalue weighted by atomic mass is 14.9. The van der Waals surface area contributed by atoms with Crippen molar-refractivity contribution in [1.29, 1.82) is 0 Å². The highest BCUT2D eigenvalue weighted by molar-refractivity contribution is 6.09. The summed E-state index contributed by atoms with van der Waals surface area (Å²) in [7, 11) is 2.13. The van der Waals surface area contributed by atoms with E-state index in [9.17, 15) is 0 Å². The fraction of sp³-hybridized carbons (Fsp3) is 0.333. The summed E-state index contributed by atoms with van der Waals surface area (Å²) in [5, 5.41) is 2.74. The van der Waals surface area contributed by atoms with Crippen LogP contribution in [0.25, 0.3) is 21.8 Å². The van der Waals surface area contributed by atoms with Gasteiger partial charge in [0.1, 0.15) is 0 Å². The van der Waals surface area contributed by atoms with Crippen LogP contribution in [0.4, 0.5) is 0 Å². The van der Waals surface area contributed by atoms with Crippen LogP contribution in [0.3, 0.4) is 0 Å². The lowest BCUT2D eigenvalue weighted by atomic mass is 10.1. The maximum absolute atomic E-state index is 2.26. The van der Waals surface area contributed by atoms with Gasteiger partial charge in [0, 0.05) is 28.9 Å². The van der Waals surface area contributed by atoms with Gasteiger partial charge in [0.2, 0.25) is 0 Å². The maximum Gasteiger partial charge on any atom is 0.0491 e. The summed E-state index contributed by atoms with van der Waals surface area (Å²) in [5.41, 5.74) is 3.97. The van der Waals surface area contributed by atoms with Gasteiger partial charge in [-0.3, -0.25) is 0 Å². The van der Waals surface area contributed by atoms with Crippen LogP contribution in [-0.4, -0.2) is 4.57 Å². The van der Waals surface area contributed by atoms with Crippen LogP contribution in [0.5, 0.6) is 0 Å². The first-order valence-electron chi connectivity index (χ1n) is 7.22. The lowest BCUT2D eigenvalue weighted by molar-refractivity contribution is 1.01. The molecule has 1 aromatic heterocycles. The van der Waals surface area contributed by atoms with Gasteiger partial charge < -0.3 is 4.57 Å². The number of nitrogens with zero attached hydrogens (tertiary/aromatic N) is 1. The molecule has 0 saturated carbocycles. The second kappa shape index (κ2) is 6.98. The van der Waals surface area contributed by atoms with Crippen LogP contribution >= 0.6 is 0 Å². The third kappa shape index (κ3) is 2.65. The normalized spacial score (nSPS) is 9.58. The number of rotatable bonds is 0. The number of aryl methyl sites for hydroxylation is 2. The average Bonchev–Trinajstić information content (AvgIpc) is 2.79. The van der Waals surface area contributed by atoms with Gasteiger partial charge in [-0.25, -0.2) is 0 Å². The Bertz CT molecular complexity index is 647. The first-order chi connectivity index (χ1) is 9.29. The third-order valence-corrected chi connectivity index (χ3v) is 3.15. The topological polar surface area (TPSA) is 4.93 Å². The van der Waals surface area contributed by atoms with E-state index in [0.29, 0.717) is 0 Å². The van der Waals surface area contributed by atoms with Gasteiger partial charge in [-0.15, -0.1) is 0 Å². The monoisotopic (exact) mass is 255 g/mol. The zero-order valence-corrected chi connectivity index (χ0v) is 13.0. The third-order valence-electron chi connectivity index (χ3n) is 3.15. The molecule has 0 saturated heterocycles. The van der Waals surface area contributed by atoms with E-state index in [-0.39, 0.29) is 0 Å². The number of hydrogen-bond acceptors (Lipinski definition) is 0. The zero-order valence-electron chi connectivity index (χ0n) is 13.0. The number of aromatic nitrogens is 1. The fourth-order valence-electron chi connectivity index (χ4n) is 2.39. The molecule has 0 bridgehead atoms. The molecule has 0 unspecified atom stereocenters. The Labute approximate surface area is 116 Å². The van der Waals surface area contributed by atoms with E-state index in [1.54, 1.807) is 0 Å². The molecule has 0 atom stereocenters. The lowest BCUT2D eigenvalue weighted by Gasteiger charge is -1.97. The Morgan fingerprint density at radius 3 is 2.00 bits per heavy atom. The van der Waals surface area contributed by atoms with Crippen LogP contribution in [-0.2, 0) is 7.05 Å². The largest absolute Gasteiger partial charge is 0.344 e. The highest BCUT2D eigenvalue weighted by Crippen LogP contribution is 2.29. The number of hydrogen-bond donors (Lipinski definition) is 0. The summed E-state index contributed by atoms with van der Waals surface area (Å²) in [6.07, 6.45) is 0. The van der Waals surface area contributed by atoms with Crippen LogP contribution in [0.1, 0.15) is 33.3 Å². The molecule has 102 valence electrons. The van der Waals surface area contributed by atoms with Gasteiger partial charge in [-0.1, -0.05) is 58.0 Å². The Morgan fingerprint density at radius 2 is 1.32 bits per heavy atom. The number of benzene rings is 2. The molecule has 19 heavy (non-hydrogen) atoms. The maximum atomic E-state index is 2.26. The van der Waals surface area contributed by atoms with E-state index in [1.807, 2.05) is 27.7 Å². The van der Waals surface area contributed by atoms with Crippen molar-refractivity contribution in [3.8, 4) is 0 Å². The summed E-state index contributed by atoms with van der Waals surface area (Å²) >= 11 is 0. The summed E-state index contributed by atoms with van der Waals surface area (Å²) < 4.78 is 2.26. The molecule has 0 spiro atoms. The first kappa shape index (κ1) is 15.3. The minimum atomic E-state index is 1.31. The zero-order chi connectivity index (χ0) is 14.4. The van der Waals surface area contributed by atoms with Gasteiger partial charge in [0.15, 0.2) is 0 Å². The van der Waals surface area contributed by atoms with Crippen molar-refractivity contribution in [2.45, 2.75) is 34.6 Å². The molecule has 3 rings (SSSR count). The van der Waals surface area contributed by atoms with Gasteiger partial charge in [-0.2, -0.15) is 0 Å². The summed E-state index contributed by atoms with van der Waals surface area (Å²) in [6, 6.07) is 15.1. The second-order valence-corrected chi connectivity index (χ2v) is 4.05. The number of fused-ring (bicyclic) bond motifs is 3. The molecule has 2 aromatic carbocycles. The Balaban J connectivity index is 0.000000415. The van der Waals surface area contributed by atoms with Gasteiger partial charge in [0.05, 0.1) is 0 Å². The standard InChI is InChI=1S/C14H13N.2C2H6/c1-10-6-5-9-13-14(10)11-7-3-4-8-12(11)15(13)2;2*1-2/h3-9H,1-2H3;2*1-2H3. The summed E-state index contributed by atoms with van der Waals surface area (Å²) in [5.74, 6) is 0. The smallest absolute Gasteiger partial charge is 0.0491 e. The quantitative estimate of drug-likeness (QED) is 0.486. The van der Waals surface area contributed by atoms with E-state index in [0.717, 1.165) is 0 Å². The molecular formula is C18H25N. The summed E-state index contributed by atoms with van der Waals surface area (Å²) in [6.45, 7) is 10.2. The van der Waals surface area contributed by atoms with E-state index in [4.69, 9.17) is 0 Å². The van der Waals surface area contributed by atoms with Crippen molar-refractivity contribution >= 4 is 21.8 Å². The van der Waals surface area contributed by atoms with Crippen molar-refractivity contribution in [3.05, 3.63) is 48.0 Å². The predicted molar refractivity (Wildman–Crippen MR) is 87.9 cm³/mol. The molecule has 0 aliphatic carbocycles. The van der Waals surface area contributed by atoms with E-state index in [1.165, 1.54) is 27.4 Å². The minimum absolute atomic E-state index is 1.31. The molecule has 1 heteroatoms. The van der Waals surface area contributed by atoms with E-state index < -0.39 is 0 Å². The molecule has 0 aliphatic heterocycles. The molecule has 0 N–H and O–H groups in total. The summed E-state index contributed by atoms with van der Waals surface area (Å²) in [4.78, 5) is 0. The SMILES string of the molecule is CC.CC.Cc1cccc2c1c1ccccc1n2C. The van der Waals surface area contributed by atoms with Crippen LogP contribution < -0.4 is 0 Å². The Morgan fingerprint density at radius 1 is 0.737 bits per heavy atom. The highest BCUT2D eigenvalue weighted by Gasteiger charge is 2.07. The first-order valence-corrected chi connectivity index (χ1v) is 7.22. The molecule has 1 nitrogen and oxygen atoms in total. The van der Waals surface area contributed by atoms with Crippen LogP contribution in [0, 0.1) is 6.92 Å². The predicted octanol–water partition coefficient (Wildman–Crippen LogP) is 5.69. The van der Waals surface area contributed by atoms with Crippen LogP contribution in [0.2, 0.25) is 0 Å². The van der Waals surface area contributed by atoms with E-state index >= 15 is 0 Å². The number of para-hydroxylation sites is 1.